The van der Waals surface area contributed by atoms with Crippen LogP contribution in [0.25, 0.3) is 0 Å². The first-order valence-electron chi connectivity index (χ1n) is 4.04. The molecule has 0 saturated heterocycles. The Kier molecular flexibility index (Phi) is 4.37. The van der Waals surface area contributed by atoms with Gasteiger partial charge in [-0.15, -0.1) is 0 Å². The molecule has 0 amide bonds. The second-order valence-corrected chi connectivity index (χ2v) is 4.95. The molecule has 0 bridgehead atoms. The fraction of sp³-hybridized carbons (Fsp3) is 0.300. The highest BCUT2D eigenvalue weighted by atomic mass is 127. The Labute approximate surface area is 105 Å². The smallest absolute Gasteiger partial charge is 0.147 e. The molecule has 1 unspecified atom stereocenters. The number of Topliss-reactive ketones (excluding diaryl/α,β-unsaturated/α-hetero) is 1. The molecule has 76 valence electrons. The molecule has 0 radical (unpaired) electrons. The molecule has 0 spiro atoms. The molecule has 1 aromatic rings. The lowest BCUT2D eigenvalue weighted by atomic mass is 10.1. The Hall–Kier alpha value is -0.100. The first-order valence-corrected chi connectivity index (χ1v) is 6.03. The van der Waals surface area contributed by atoms with Gasteiger partial charge in [0.15, 0.2) is 0 Å². The molecule has 4 heteroatoms. The summed E-state index contributed by atoms with van der Waals surface area (Å²) >= 11 is 5.52. The van der Waals surface area contributed by atoms with Crippen molar-refractivity contribution in [2.75, 3.05) is 7.11 Å². The molecule has 0 saturated carbocycles. The molecular formula is C10H10BrIO2. The zero-order valence-corrected chi connectivity index (χ0v) is 11.6. The first kappa shape index (κ1) is 12.0. The monoisotopic (exact) mass is 368 g/mol. The molecule has 2 nitrogen and oxygen atoms in total. The topological polar surface area (TPSA) is 26.3 Å². The Bertz CT molecular complexity index is 352. The minimum atomic E-state index is -0.242. The zero-order valence-electron chi connectivity index (χ0n) is 7.88. The molecule has 0 aromatic heterocycles. The van der Waals surface area contributed by atoms with Crippen LogP contribution in [0.5, 0.6) is 5.75 Å². The van der Waals surface area contributed by atoms with Crippen LogP contribution in [-0.4, -0.2) is 12.9 Å². The number of benzene rings is 1. The number of rotatable bonds is 3. The van der Waals surface area contributed by atoms with Crippen LogP contribution < -0.4 is 4.74 Å². The van der Waals surface area contributed by atoms with Gasteiger partial charge in [0.25, 0.3) is 0 Å². The number of halogens is 2. The summed E-state index contributed by atoms with van der Waals surface area (Å²) in [6, 6.07) is 5.74. The minimum Gasteiger partial charge on any atom is -0.496 e. The van der Waals surface area contributed by atoms with Crippen molar-refractivity contribution < 1.29 is 9.53 Å². The normalized spacial score (nSPS) is 12.3. The number of ether oxygens (including phenoxy) is 1. The zero-order chi connectivity index (χ0) is 10.7. The average molecular weight is 369 g/mol. The van der Waals surface area contributed by atoms with Gasteiger partial charge in [-0.1, -0.05) is 22.0 Å². The van der Waals surface area contributed by atoms with Gasteiger partial charge in [-0.2, -0.15) is 0 Å². The summed E-state index contributed by atoms with van der Waals surface area (Å²) in [7, 11) is 1.62. The molecule has 0 aliphatic rings. The van der Waals surface area contributed by atoms with Crippen LogP contribution in [0.15, 0.2) is 18.2 Å². The highest BCUT2D eigenvalue weighted by Gasteiger charge is 2.13. The molecule has 0 N–H and O–H groups in total. The lowest BCUT2D eigenvalue weighted by Gasteiger charge is -2.09. The van der Waals surface area contributed by atoms with E-state index in [4.69, 9.17) is 4.74 Å². The van der Waals surface area contributed by atoms with Crippen LogP contribution in [0.2, 0.25) is 0 Å². The van der Waals surface area contributed by atoms with Crippen LogP contribution >= 0.6 is 38.5 Å². The molecule has 1 atom stereocenters. The predicted octanol–water partition coefficient (Wildman–Crippen LogP) is 3.32. The van der Waals surface area contributed by atoms with Gasteiger partial charge in [0.1, 0.15) is 11.5 Å². The first-order chi connectivity index (χ1) is 6.56. The van der Waals surface area contributed by atoms with Crippen LogP contribution in [0.1, 0.15) is 17.3 Å². The second-order valence-electron chi connectivity index (χ2n) is 2.87. The van der Waals surface area contributed by atoms with E-state index in [1.165, 1.54) is 0 Å². The van der Waals surface area contributed by atoms with Gasteiger partial charge in [0, 0.05) is 0 Å². The number of hydrogen-bond acceptors (Lipinski definition) is 2. The van der Waals surface area contributed by atoms with Crippen LogP contribution in [0.4, 0.5) is 0 Å². The van der Waals surface area contributed by atoms with Crippen molar-refractivity contribution in [2.24, 2.45) is 0 Å². The highest BCUT2D eigenvalue weighted by molar-refractivity contribution is 14.1. The van der Waals surface area contributed by atoms with Crippen LogP contribution in [0.3, 0.4) is 0 Å². The summed E-state index contributed by atoms with van der Waals surface area (Å²) in [5, 5.41) is 0. The third-order valence-electron chi connectivity index (χ3n) is 1.82. The fourth-order valence-electron chi connectivity index (χ4n) is 1.07. The number of hydrogen-bond donors (Lipinski definition) is 0. The van der Waals surface area contributed by atoms with E-state index in [0.29, 0.717) is 0 Å². The van der Waals surface area contributed by atoms with E-state index in [9.17, 15) is 4.79 Å². The number of carbonyl (C=O) groups excluding carboxylic acids is 1. The lowest BCUT2D eigenvalue weighted by molar-refractivity contribution is -0.116. The van der Waals surface area contributed by atoms with Gasteiger partial charge in [0.05, 0.1) is 15.5 Å². The van der Waals surface area contributed by atoms with Crippen molar-refractivity contribution in [3.8, 4) is 5.75 Å². The minimum absolute atomic E-state index is 0.0910. The molecule has 0 fully saturated rings. The van der Waals surface area contributed by atoms with E-state index in [2.05, 4.69) is 38.5 Å². The second kappa shape index (κ2) is 5.11. The molecular weight excluding hydrogens is 359 g/mol. The summed E-state index contributed by atoms with van der Waals surface area (Å²) in [5.74, 6) is 0.891. The van der Waals surface area contributed by atoms with E-state index < -0.39 is 0 Å². The van der Waals surface area contributed by atoms with E-state index in [1.54, 1.807) is 14.0 Å². The van der Waals surface area contributed by atoms with Crippen molar-refractivity contribution >= 4 is 44.3 Å². The van der Waals surface area contributed by atoms with Crippen LogP contribution in [0, 0.1) is 3.57 Å². The predicted molar refractivity (Wildman–Crippen MR) is 68.1 cm³/mol. The van der Waals surface area contributed by atoms with Gasteiger partial charge >= 0.3 is 0 Å². The number of carbonyl (C=O) groups is 1. The third kappa shape index (κ3) is 2.70. The number of ketones is 1. The Morgan fingerprint density at radius 3 is 2.71 bits per heavy atom. The number of alkyl halides is 1. The van der Waals surface area contributed by atoms with E-state index in [0.717, 1.165) is 14.9 Å². The quantitative estimate of drug-likeness (QED) is 0.604. The fourth-order valence-corrected chi connectivity index (χ4v) is 1.91. The van der Waals surface area contributed by atoms with E-state index in [-0.39, 0.29) is 10.6 Å². The van der Waals surface area contributed by atoms with Gasteiger partial charge in [-0.05, 0) is 47.2 Å². The third-order valence-corrected chi connectivity index (χ3v) is 3.89. The van der Waals surface area contributed by atoms with Gasteiger partial charge < -0.3 is 4.74 Å². The summed E-state index contributed by atoms with van der Waals surface area (Å²) < 4.78 is 6.21. The summed E-state index contributed by atoms with van der Waals surface area (Å²) in [6.07, 6.45) is 0. The van der Waals surface area contributed by atoms with Crippen molar-refractivity contribution in [1.82, 2.24) is 0 Å². The van der Waals surface area contributed by atoms with Crippen molar-refractivity contribution in [3.63, 3.8) is 0 Å². The Morgan fingerprint density at radius 1 is 1.57 bits per heavy atom. The summed E-state index contributed by atoms with van der Waals surface area (Å²) in [5.41, 5.74) is 0.926. The van der Waals surface area contributed by atoms with Crippen LogP contribution in [-0.2, 0) is 4.79 Å². The molecule has 14 heavy (non-hydrogen) atoms. The standard InChI is InChI=1S/C10H10BrIO2/c1-6(13)10(11)7-3-4-8(12)9(5-7)14-2/h3-5,10H,1-2H3. The van der Waals surface area contributed by atoms with E-state index >= 15 is 0 Å². The number of methoxy groups -OCH3 is 1. The van der Waals surface area contributed by atoms with Gasteiger partial charge in [-0.3, -0.25) is 4.79 Å². The van der Waals surface area contributed by atoms with Gasteiger partial charge in [0.2, 0.25) is 0 Å². The molecule has 1 aromatic carbocycles. The summed E-state index contributed by atoms with van der Waals surface area (Å²) in [6.45, 7) is 1.56. The molecule has 1 rings (SSSR count). The summed E-state index contributed by atoms with van der Waals surface area (Å²) in [4.78, 5) is 10.9. The van der Waals surface area contributed by atoms with E-state index in [1.807, 2.05) is 18.2 Å². The molecule has 0 aliphatic carbocycles. The average Bonchev–Trinajstić information content (AvgIpc) is 2.17. The molecule has 0 aliphatic heterocycles. The highest BCUT2D eigenvalue weighted by Crippen LogP contribution is 2.29. The Balaban J connectivity index is 3.06. The largest absolute Gasteiger partial charge is 0.496 e. The Morgan fingerprint density at radius 2 is 2.21 bits per heavy atom. The molecule has 0 heterocycles. The van der Waals surface area contributed by atoms with Gasteiger partial charge in [-0.25, -0.2) is 0 Å². The lowest BCUT2D eigenvalue weighted by Crippen LogP contribution is -2.01. The maximum atomic E-state index is 11.1. The SMILES string of the molecule is COc1cc(C(Br)C(C)=O)ccc1I. The maximum absolute atomic E-state index is 11.1. The van der Waals surface area contributed by atoms with Crippen molar-refractivity contribution in [1.29, 1.82) is 0 Å². The van der Waals surface area contributed by atoms with Crippen molar-refractivity contribution in [2.45, 2.75) is 11.8 Å². The maximum Gasteiger partial charge on any atom is 0.147 e. The van der Waals surface area contributed by atoms with Crippen molar-refractivity contribution in [3.05, 3.63) is 27.3 Å².